The molecule has 0 aromatic heterocycles. The number of hydrogen-bond acceptors (Lipinski definition) is 3. The van der Waals surface area contributed by atoms with Crippen molar-refractivity contribution in [1.29, 1.82) is 0 Å². The summed E-state index contributed by atoms with van der Waals surface area (Å²) in [6.45, 7) is 8.02. The average Bonchev–Trinajstić information content (AvgIpc) is 2.28. The topological polar surface area (TPSA) is 36.4 Å². The van der Waals surface area contributed by atoms with Crippen molar-refractivity contribution in [2.24, 2.45) is 10.9 Å². The highest BCUT2D eigenvalue weighted by Gasteiger charge is 2.00. The van der Waals surface area contributed by atoms with Crippen LogP contribution < -0.4 is 10.6 Å². The van der Waals surface area contributed by atoms with Gasteiger partial charge in [0.05, 0.1) is 0 Å². The fraction of sp³-hybridized carbons (Fsp3) is 0.769. The Bertz CT molecular complexity index is 182. The molecule has 1 atom stereocenters. The smallest absolute Gasteiger partial charge is 0.0357 e. The minimum atomic E-state index is 0.668. The van der Waals surface area contributed by atoms with Crippen LogP contribution in [0.4, 0.5) is 0 Å². The van der Waals surface area contributed by atoms with Crippen molar-refractivity contribution in [3.63, 3.8) is 0 Å². The predicted octanol–water partition coefficient (Wildman–Crippen LogP) is 1.86. The summed E-state index contributed by atoms with van der Waals surface area (Å²) in [7, 11) is 2.01. The highest BCUT2D eigenvalue weighted by atomic mass is 14.9. The van der Waals surface area contributed by atoms with E-state index in [4.69, 9.17) is 0 Å². The number of aliphatic imine (C=N–C) groups is 1. The van der Waals surface area contributed by atoms with Gasteiger partial charge in [-0.05, 0) is 26.3 Å². The van der Waals surface area contributed by atoms with Crippen LogP contribution in [0.3, 0.4) is 0 Å². The summed E-state index contributed by atoms with van der Waals surface area (Å²) < 4.78 is 0. The second kappa shape index (κ2) is 12.4. The first-order chi connectivity index (χ1) is 7.85. The Balaban J connectivity index is 3.57. The average molecular weight is 225 g/mol. The second-order valence-electron chi connectivity index (χ2n) is 3.87. The fourth-order valence-corrected chi connectivity index (χ4v) is 1.58. The molecule has 0 saturated heterocycles. The molecule has 0 aromatic carbocycles. The molecule has 94 valence electrons. The van der Waals surface area contributed by atoms with Gasteiger partial charge in [0.2, 0.25) is 0 Å². The summed E-state index contributed by atoms with van der Waals surface area (Å²) in [6, 6.07) is 0. The summed E-state index contributed by atoms with van der Waals surface area (Å²) >= 11 is 0. The van der Waals surface area contributed by atoms with Crippen LogP contribution in [0.2, 0.25) is 0 Å². The molecule has 0 spiro atoms. The van der Waals surface area contributed by atoms with Gasteiger partial charge in [-0.1, -0.05) is 25.5 Å². The third-order valence-electron chi connectivity index (χ3n) is 2.34. The third-order valence-corrected chi connectivity index (χ3v) is 2.34. The lowest BCUT2D eigenvalue weighted by atomic mass is 10.0. The second-order valence-corrected chi connectivity index (χ2v) is 3.87. The quantitative estimate of drug-likeness (QED) is 0.338. The van der Waals surface area contributed by atoms with Gasteiger partial charge >= 0.3 is 0 Å². The SMILES string of the molecule is CCCC(/C=C/CNC/C=N\CC)CNC. The Hall–Kier alpha value is -0.670. The zero-order valence-electron chi connectivity index (χ0n) is 11.0. The Morgan fingerprint density at radius 2 is 2.06 bits per heavy atom. The van der Waals surface area contributed by atoms with Crippen molar-refractivity contribution in [2.45, 2.75) is 26.7 Å². The molecular weight excluding hydrogens is 198 g/mol. The normalized spacial score (nSPS) is 13.9. The van der Waals surface area contributed by atoms with Crippen LogP contribution in [-0.2, 0) is 0 Å². The Labute approximate surface area is 100 Å². The van der Waals surface area contributed by atoms with E-state index in [1.165, 1.54) is 12.8 Å². The van der Waals surface area contributed by atoms with E-state index in [1.54, 1.807) is 0 Å². The molecule has 1 unspecified atom stereocenters. The monoisotopic (exact) mass is 225 g/mol. The number of hydrogen-bond donors (Lipinski definition) is 2. The van der Waals surface area contributed by atoms with Gasteiger partial charge in [-0.3, -0.25) is 4.99 Å². The Morgan fingerprint density at radius 1 is 1.25 bits per heavy atom. The molecule has 3 heteroatoms. The number of rotatable bonds is 10. The molecule has 0 aliphatic heterocycles. The summed E-state index contributed by atoms with van der Waals surface area (Å²) in [5.74, 6) is 0.668. The molecule has 16 heavy (non-hydrogen) atoms. The molecule has 0 aliphatic carbocycles. The van der Waals surface area contributed by atoms with Gasteiger partial charge in [0, 0.05) is 32.4 Å². The van der Waals surface area contributed by atoms with Gasteiger partial charge in [0.15, 0.2) is 0 Å². The first-order valence-electron chi connectivity index (χ1n) is 6.35. The van der Waals surface area contributed by atoms with Crippen LogP contribution in [-0.4, -0.2) is 39.4 Å². The molecule has 0 saturated carbocycles. The molecule has 0 rings (SSSR count). The summed E-state index contributed by atoms with van der Waals surface area (Å²) in [6.07, 6.45) is 8.97. The van der Waals surface area contributed by atoms with Crippen molar-refractivity contribution in [3.8, 4) is 0 Å². The molecule has 0 aliphatic rings. The number of nitrogens with one attached hydrogen (secondary N) is 2. The molecule has 2 N–H and O–H groups in total. The van der Waals surface area contributed by atoms with E-state index in [9.17, 15) is 0 Å². The van der Waals surface area contributed by atoms with Crippen LogP contribution >= 0.6 is 0 Å². The highest BCUT2D eigenvalue weighted by Crippen LogP contribution is 2.06. The van der Waals surface area contributed by atoms with Crippen LogP contribution in [0.1, 0.15) is 26.7 Å². The third kappa shape index (κ3) is 9.87. The minimum Gasteiger partial charge on any atom is -0.319 e. The zero-order valence-corrected chi connectivity index (χ0v) is 11.0. The van der Waals surface area contributed by atoms with Crippen molar-refractivity contribution in [2.75, 3.05) is 33.2 Å². The van der Waals surface area contributed by atoms with E-state index in [-0.39, 0.29) is 0 Å². The maximum absolute atomic E-state index is 4.14. The van der Waals surface area contributed by atoms with Crippen molar-refractivity contribution < 1.29 is 0 Å². The van der Waals surface area contributed by atoms with Crippen molar-refractivity contribution in [1.82, 2.24) is 10.6 Å². The molecule has 0 heterocycles. The molecule has 0 fully saturated rings. The standard InChI is InChI=1S/C13H27N3/c1-4-7-13(12-14-3)8-6-9-16-11-10-15-5-2/h6,8,10,13-14,16H,4-5,7,9,11-12H2,1-3H3/b8-6+,15-10-. The predicted molar refractivity (Wildman–Crippen MR) is 73.4 cm³/mol. The molecule has 0 bridgehead atoms. The van der Waals surface area contributed by atoms with Gasteiger partial charge in [-0.2, -0.15) is 0 Å². The maximum atomic E-state index is 4.14. The number of nitrogens with zero attached hydrogens (tertiary/aromatic N) is 1. The van der Waals surface area contributed by atoms with E-state index in [1.807, 2.05) is 20.2 Å². The van der Waals surface area contributed by atoms with E-state index in [0.717, 1.165) is 26.2 Å². The van der Waals surface area contributed by atoms with Gasteiger partial charge in [-0.15, -0.1) is 0 Å². The Kier molecular flexibility index (Phi) is 11.9. The van der Waals surface area contributed by atoms with Crippen molar-refractivity contribution in [3.05, 3.63) is 12.2 Å². The summed E-state index contributed by atoms with van der Waals surface area (Å²) in [4.78, 5) is 4.14. The summed E-state index contributed by atoms with van der Waals surface area (Å²) in [5, 5.41) is 6.53. The largest absolute Gasteiger partial charge is 0.319 e. The first-order valence-corrected chi connectivity index (χ1v) is 6.35. The Morgan fingerprint density at radius 3 is 2.69 bits per heavy atom. The van der Waals surface area contributed by atoms with E-state index < -0.39 is 0 Å². The van der Waals surface area contributed by atoms with E-state index in [2.05, 4.69) is 34.7 Å². The fourth-order valence-electron chi connectivity index (χ4n) is 1.58. The van der Waals surface area contributed by atoms with Gasteiger partial charge in [0.1, 0.15) is 0 Å². The molecule has 3 nitrogen and oxygen atoms in total. The van der Waals surface area contributed by atoms with Gasteiger partial charge < -0.3 is 10.6 Å². The lowest BCUT2D eigenvalue weighted by Gasteiger charge is -2.10. The van der Waals surface area contributed by atoms with E-state index >= 15 is 0 Å². The van der Waals surface area contributed by atoms with Crippen molar-refractivity contribution >= 4 is 6.21 Å². The molecule has 0 amide bonds. The van der Waals surface area contributed by atoms with Gasteiger partial charge in [0.25, 0.3) is 0 Å². The maximum Gasteiger partial charge on any atom is 0.0357 e. The molecule has 0 aromatic rings. The minimum absolute atomic E-state index is 0.668. The van der Waals surface area contributed by atoms with E-state index in [0.29, 0.717) is 5.92 Å². The summed E-state index contributed by atoms with van der Waals surface area (Å²) in [5.41, 5.74) is 0. The molecular formula is C13H27N3. The zero-order chi connectivity index (χ0) is 12.1. The molecule has 0 radical (unpaired) electrons. The lowest BCUT2D eigenvalue weighted by Crippen LogP contribution is -2.19. The van der Waals surface area contributed by atoms with Crippen LogP contribution in [0.15, 0.2) is 17.1 Å². The van der Waals surface area contributed by atoms with Crippen LogP contribution in [0.25, 0.3) is 0 Å². The van der Waals surface area contributed by atoms with Gasteiger partial charge in [-0.25, -0.2) is 0 Å². The highest BCUT2D eigenvalue weighted by molar-refractivity contribution is 5.59. The lowest BCUT2D eigenvalue weighted by molar-refractivity contribution is 0.545. The van der Waals surface area contributed by atoms with Crippen LogP contribution in [0, 0.1) is 5.92 Å². The first kappa shape index (κ1) is 15.3. The van der Waals surface area contributed by atoms with Crippen LogP contribution in [0.5, 0.6) is 0 Å².